The van der Waals surface area contributed by atoms with Crippen LogP contribution in [0.4, 0.5) is 5.69 Å². The van der Waals surface area contributed by atoms with Crippen LogP contribution in [0.5, 0.6) is 11.5 Å². The molecular formula is C24H21NO6. The molecule has 0 aliphatic heterocycles. The van der Waals surface area contributed by atoms with Gasteiger partial charge in [-0.05, 0) is 55.5 Å². The predicted octanol–water partition coefficient (Wildman–Crippen LogP) is 4.45. The Balaban J connectivity index is 1.59. The fraction of sp³-hybridized carbons (Fsp3) is 0.125. The molecule has 0 saturated heterocycles. The van der Waals surface area contributed by atoms with Gasteiger partial charge in [-0.3, -0.25) is 4.79 Å². The van der Waals surface area contributed by atoms with Crippen molar-refractivity contribution in [3.05, 3.63) is 90.0 Å². The van der Waals surface area contributed by atoms with Crippen molar-refractivity contribution in [2.24, 2.45) is 0 Å². The summed E-state index contributed by atoms with van der Waals surface area (Å²) in [5, 5.41) is 2.67. The zero-order valence-electron chi connectivity index (χ0n) is 17.0. The topological polar surface area (TPSA) is 90.9 Å². The molecular weight excluding hydrogens is 398 g/mol. The molecule has 0 fully saturated rings. The second kappa shape index (κ2) is 10.1. The smallest absolute Gasteiger partial charge is 0.339 e. The molecule has 1 amide bonds. The van der Waals surface area contributed by atoms with Gasteiger partial charge < -0.3 is 19.5 Å². The zero-order valence-corrected chi connectivity index (χ0v) is 17.0. The minimum atomic E-state index is -1.08. The van der Waals surface area contributed by atoms with Crippen LogP contribution in [-0.4, -0.2) is 31.1 Å². The van der Waals surface area contributed by atoms with E-state index in [-0.39, 0.29) is 11.1 Å². The summed E-state index contributed by atoms with van der Waals surface area (Å²) in [5.41, 5.74) is 0.608. The summed E-state index contributed by atoms with van der Waals surface area (Å²) in [6.07, 6.45) is -1.08. The lowest BCUT2D eigenvalue weighted by atomic mass is 10.1. The Morgan fingerprint density at radius 1 is 0.742 bits per heavy atom. The Kier molecular flexibility index (Phi) is 7.01. The van der Waals surface area contributed by atoms with E-state index >= 15 is 0 Å². The van der Waals surface area contributed by atoms with Crippen LogP contribution in [0.1, 0.15) is 27.6 Å². The van der Waals surface area contributed by atoms with E-state index in [1.54, 1.807) is 36.4 Å². The van der Waals surface area contributed by atoms with Gasteiger partial charge in [0.1, 0.15) is 11.5 Å². The van der Waals surface area contributed by atoms with Crippen molar-refractivity contribution >= 4 is 23.5 Å². The lowest BCUT2D eigenvalue weighted by Crippen LogP contribution is -2.30. The number of benzene rings is 3. The summed E-state index contributed by atoms with van der Waals surface area (Å²) in [4.78, 5) is 36.7. The Morgan fingerprint density at radius 2 is 1.29 bits per heavy atom. The van der Waals surface area contributed by atoms with E-state index in [1.165, 1.54) is 26.2 Å². The number of esters is 2. The molecule has 7 heteroatoms. The highest BCUT2D eigenvalue weighted by Gasteiger charge is 2.23. The van der Waals surface area contributed by atoms with Gasteiger partial charge in [0.2, 0.25) is 0 Å². The second-order valence-corrected chi connectivity index (χ2v) is 6.51. The summed E-state index contributed by atoms with van der Waals surface area (Å²) in [6, 6.07) is 22.2. The molecule has 0 heterocycles. The van der Waals surface area contributed by atoms with Gasteiger partial charge in [-0.15, -0.1) is 0 Å². The van der Waals surface area contributed by atoms with E-state index in [2.05, 4.69) is 10.1 Å². The number of carbonyl (C=O) groups is 3. The number of para-hydroxylation sites is 1. The first-order valence-corrected chi connectivity index (χ1v) is 9.50. The Bertz CT molecular complexity index is 1060. The van der Waals surface area contributed by atoms with Gasteiger partial charge in [-0.1, -0.05) is 30.3 Å². The number of nitrogens with one attached hydrogen (secondary N) is 1. The summed E-state index contributed by atoms with van der Waals surface area (Å²) >= 11 is 0. The highest BCUT2D eigenvalue weighted by Crippen LogP contribution is 2.23. The third-order valence-corrected chi connectivity index (χ3v) is 4.31. The van der Waals surface area contributed by atoms with E-state index in [4.69, 9.17) is 9.47 Å². The lowest BCUT2D eigenvalue weighted by Gasteiger charge is -2.15. The Labute approximate surface area is 179 Å². The van der Waals surface area contributed by atoms with Crippen LogP contribution in [0.25, 0.3) is 0 Å². The van der Waals surface area contributed by atoms with Gasteiger partial charge in [-0.25, -0.2) is 9.59 Å². The molecule has 0 aliphatic rings. The standard InChI is InChI=1S/C24H21NO6/c1-16(30-24(28)21-11-7-6-10-20(21)23(27)29-2)22(26)25-17-12-14-19(15-13-17)31-18-8-4-3-5-9-18/h3-16H,1-2H3,(H,25,26). The SMILES string of the molecule is COC(=O)c1ccccc1C(=O)OC(C)C(=O)Nc1ccc(Oc2ccccc2)cc1. The molecule has 0 radical (unpaired) electrons. The van der Waals surface area contributed by atoms with Crippen LogP contribution >= 0.6 is 0 Å². The molecule has 1 N–H and O–H groups in total. The van der Waals surface area contributed by atoms with Gasteiger partial charge >= 0.3 is 11.9 Å². The average Bonchev–Trinajstić information content (AvgIpc) is 2.80. The maximum Gasteiger partial charge on any atom is 0.339 e. The van der Waals surface area contributed by atoms with E-state index in [0.29, 0.717) is 17.2 Å². The molecule has 0 bridgehead atoms. The molecule has 0 aromatic heterocycles. The van der Waals surface area contributed by atoms with Crippen molar-refractivity contribution < 1.29 is 28.6 Å². The molecule has 3 rings (SSSR count). The van der Waals surface area contributed by atoms with Crippen molar-refractivity contribution in [2.45, 2.75) is 13.0 Å². The Morgan fingerprint density at radius 3 is 1.90 bits per heavy atom. The zero-order chi connectivity index (χ0) is 22.2. The summed E-state index contributed by atoms with van der Waals surface area (Å²) in [5.74, 6) is -0.659. The van der Waals surface area contributed by atoms with Crippen molar-refractivity contribution in [3.63, 3.8) is 0 Å². The molecule has 31 heavy (non-hydrogen) atoms. The molecule has 0 spiro atoms. The maximum atomic E-state index is 12.4. The minimum absolute atomic E-state index is 0.0245. The fourth-order valence-corrected chi connectivity index (χ4v) is 2.70. The van der Waals surface area contributed by atoms with E-state index in [1.807, 2.05) is 30.3 Å². The largest absolute Gasteiger partial charge is 0.465 e. The number of hydrogen-bond donors (Lipinski definition) is 1. The van der Waals surface area contributed by atoms with E-state index < -0.39 is 23.9 Å². The van der Waals surface area contributed by atoms with Gasteiger partial charge in [0.05, 0.1) is 18.2 Å². The quantitative estimate of drug-likeness (QED) is 0.569. The van der Waals surface area contributed by atoms with Crippen LogP contribution < -0.4 is 10.1 Å². The lowest BCUT2D eigenvalue weighted by molar-refractivity contribution is -0.123. The van der Waals surface area contributed by atoms with Gasteiger partial charge in [0, 0.05) is 5.69 Å². The number of ether oxygens (including phenoxy) is 3. The second-order valence-electron chi connectivity index (χ2n) is 6.51. The third kappa shape index (κ3) is 5.70. The molecule has 3 aromatic carbocycles. The number of anilines is 1. The number of amides is 1. The monoisotopic (exact) mass is 419 g/mol. The number of rotatable bonds is 7. The fourth-order valence-electron chi connectivity index (χ4n) is 2.70. The van der Waals surface area contributed by atoms with Gasteiger partial charge in [-0.2, -0.15) is 0 Å². The maximum absolute atomic E-state index is 12.4. The normalized spacial score (nSPS) is 11.2. The third-order valence-electron chi connectivity index (χ3n) is 4.31. The summed E-state index contributed by atoms with van der Waals surface area (Å²) in [6.45, 7) is 1.45. The first-order chi connectivity index (χ1) is 15.0. The van der Waals surface area contributed by atoms with Crippen LogP contribution in [0.15, 0.2) is 78.9 Å². The molecule has 158 valence electrons. The van der Waals surface area contributed by atoms with Crippen molar-refractivity contribution in [1.29, 1.82) is 0 Å². The highest BCUT2D eigenvalue weighted by molar-refractivity contribution is 6.04. The van der Waals surface area contributed by atoms with Crippen LogP contribution in [0.2, 0.25) is 0 Å². The summed E-state index contributed by atoms with van der Waals surface area (Å²) in [7, 11) is 1.22. The molecule has 1 atom stereocenters. The van der Waals surface area contributed by atoms with Gasteiger partial charge in [0.15, 0.2) is 6.10 Å². The first kappa shape index (κ1) is 21.6. The molecule has 7 nitrogen and oxygen atoms in total. The van der Waals surface area contributed by atoms with Crippen LogP contribution in [0, 0.1) is 0 Å². The molecule has 1 unspecified atom stereocenters. The average molecular weight is 419 g/mol. The van der Waals surface area contributed by atoms with E-state index in [9.17, 15) is 14.4 Å². The van der Waals surface area contributed by atoms with Crippen LogP contribution in [-0.2, 0) is 14.3 Å². The highest BCUT2D eigenvalue weighted by atomic mass is 16.5. The first-order valence-electron chi connectivity index (χ1n) is 9.50. The van der Waals surface area contributed by atoms with Crippen molar-refractivity contribution in [1.82, 2.24) is 0 Å². The Hall–Kier alpha value is -4.13. The molecule has 3 aromatic rings. The van der Waals surface area contributed by atoms with Crippen molar-refractivity contribution in [3.8, 4) is 11.5 Å². The van der Waals surface area contributed by atoms with E-state index in [0.717, 1.165) is 0 Å². The number of hydrogen-bond acceptors (Lipinski definition) is 6. The number of methoxy groups -OCH3 is 1. The molecule has 0 saturated carbocycles. The molecule has 0 aliphatic carbocycles. The van der Waals surface area contributed by atoms with Crippen molar-refractivity contribution in [2.75, 3.05) is 12.4 Å². The summed E-state index contributed by atoms with van der Waals surface area (Å²) < 4.78 is 15.6. The number of carbonyl (C=O) groups excluding carboxylic acids is 3. The van der Waals surface area contributed by atoms with Gasteiger partial charge in [0.25, 0.3) is 5.91 Å². The predicted molar refractivity (Wildman–Crippen MR) is 114 cm³/mol. The van der Waals surface area contributed by atoms with Crippen LogP contribution in [0.3, 0.4) is 0 Å². The minimum Gasteiger partial charge on any atom is -0.465 e.